The summed E-state index contributed by atoms with van der Waals surface area (Å²) in [5.74, 6) is -0.0830. The molecule has 1 amide bonds. The van der Waals surface area contributed by atoms with Gasteiger partial charge < -0.3 is 19.4 Å². The molecule has 2 aromatic heterocycles. The fourth-order valence-electron chi connectivity index (χ4n) is 3.17. The SMILES string of the molecule is Cc1ccc(SCc2ccc(C(=O)N3Cc4[nH]cnc4C[C@@H]3C(=O)O)o2)cc1. The van der Waals surface area contributed by atoms with E-state index in [0.29, 0.717) is 17.2 Å². The van der Waals surface area contributed by atoms with Crippen LogP contribution >= 0.6 is 11.8 Å². The number of amides is 1. The molecule has 1 aromatic carbocycles. The lowest BCUT2D eigenvalue weighted by atomic mass is 10.0. The number of benzene rings is 1. The molecule has 0 radical (unpaired) electrons. The highest BCUT2D eigenvalue weighted by molar-refractivity contribution is 7.98. The Morgan fingerprint density at radius 2 is 2.07 bits per heavy atom. The summed E-state index contributed by atoms with van der Waals surface area (Å²) in [5, 5.41) is 9.54. The highest BCUT2D eigenvalue weighted by Crippen LogP contribution is 2.26. The van der Waals surface area contributed by atoms with Crippen LogP contribution in [0.3, 0.4) is 0 Å². The van der Waals surface area contributed by atoms with Crippen LogP contribution in [0.2, 0.25) is 0 Å². The summed E-state index contributed by atoms with van der Waals surface area (Å²) < 4.78 is 5.71. The first-order valence-electron chi connectivity index (χ1n) is 8.84. The van der Waals surface area contributed by atoms with Gasteiger partial charge in [0.2, 0.25) is 0 Å². The van der Waals surface area contributed by atoms with Gasteiger partial charge in [-0.05, 0) is 31.2 Å². The Morgan fingerprint density at radius 3 is 2.82 bits per heavy atom. The number of carboxylic acids is 1. The molecule has 0 bridgehead atoms. The topological polar surface area (TPSA) is 99.4 Å². The average Bonchev–Trinajstić information content (AvgIpc) is 3.35. The molecule has 0 unspecified atom stereocenters. The summed E-state index contributed by atoms with van der Waals surface area (Å²) in [6, 6.07) is 10.6. The number of hydrogen-bond donors (Lipinski definition) is 2. The van der Waals surface area contributed by atoms with E-state index >= 15 is 0 Å². The van der Waals surface area contributed by atoms with E-state index in [0.717, 1.165) is 10.6 Å². The Bertz CT molecular complexity index is 1010. The van der Waals surface area contributed by atoms with Gasteiger partial charge >= 0.3 is 5.97 Å². The molecule has 3 aromatic rings. The van der Waals surface area contributed by atoms with E-state index in [4.69, 9.17) is 4.42 Å². The van der Waals surface area contributed by atoms with Gasteiger partial charge in [-0.25, -0.2) is 9.78 Å². The van der Waals surface area contributed by atoms with E-state index in [1.54, 1.807) is 23.9 Å². The number of aryl methyl sites for hydroxylation is 1. The van der Waals surface area contributed by atoms with E-state index in [9.17, 15) is 14.7 Å². The van der Waals surface area contributed by atoms with Crippen LogP contribution in [0, 0.1) is 6.92 Å². The molecule has 0 saturated carbocycles. The molecule has 0 saturated heterocycles. The number of carbonyl (C=O) groups excluding carboxylic acids is 1. The van der Waals surface area contributed by atoms with Crippen LogP contribution in [-0.2, 0) is 23.5 Å². The molecule has 144 valence electrons. The number of aromatic amines is 1. The van der Waals surface area contributed by atoms with Gasteiger partial charge in [-0.15, -0.1) is 11.8 Å². The number of rotatable bonds is 5. The predicted octanol–water partition coefficient (Wildman–Crippen LogP) is 3.26. The van der Waals surface area contributed by atoms with Crippen molar-refractivity contribution in [2.75, 3.05) is 0 Å². The highest BCUT2D eigenvalue weighted by atomic mass is 32.2. The van der Waals surface area contributed by atoms with Crippen LogP contribution < -0.4 is 0 Å². The molecule has 28 heavy (non-hydrogen) atoms. The van der Waals surface area contributed by atoms with Crippen LogP contribution in [0.4, 0.5) is 0 Å². The zero-order chi connectivity index (χ0) is 19.7. The molecule has 3 heterocycles. The van der Waals surface area contributed by atoms with E-state index in [-0.39, 0.29) is 18.7 Å². The molecule has 0 aliphatic carbocycles. The maximum absolute atomic E-state index is 12.9. The Morgan fingerprint density at radius 1 is 1.29 bits per heavy atom. The first-order valence-corrected chi connectivity index (χ1v) is 9.83. The summed E-state index contributed by atoms with van der Waals surface area (Å²) in [4.78, 5) is 34.1. The fourth-order valence-corrected chi connectivity index (χ4v) is 3.96. The lowest BCUT2D eigenvalue weighted by Gasteiger charge is -2.31. The number of fused-ring (bicyclic) bond motifs is 1. The van der Waals surface area contributed by atoms with Crippen molar-refractivity contribution in [1.82, 2.24) is 14.9 Å². The Hall–Kier alpha value is -3.00. The molecule has 7 nitrogen and oxygen atoms in total. The zero-order valence-electron chi connectivity index (χ0n) is 15.2. The van der Waals surface area contributed by atoms with Crippen LogP contribution in [0.25, 0.3) is 0 Å². The van der Waals surface area contributed by atoms with Crippen molar-refractivity contribution in [3.05, 3.63) is 71.2 Å². The summed E-state index contributed by atoms with van der Waals surface area (Å²) in [6.07, 6.45) is 1.70. The number of imidazole rings is 1. The minimum absolute atomic E-state index is 0.147. The molecule has 8 heteroatoms. The van der Waals surface area contributed by atoms with Crippen molar-refractivity contribution < 1.29 is 19.1 Å². The monoisotopic (exact) mass is 397 g/mol. The lowest BCUT2D eigenvalue weighted by Crippen LogP contribution is -2.48. The lowest BCUT2D eigenvalue weighted by molar-refractivity contribution is -0.142. The summed E-state index contributed by atoms with van der Waals surface area (Å²) in [5.41, 5.74) is 2.64. The molecule has 1 aliphatic rings. The number of H-pyrrole nitrogens is 1. The quantitative estimate of drug-likeness (QED) is 0.641. The van der Waals surface area contributed by atoms with Crippen LogP contribution in [0.5, 0.6) is 0 Å². The van der Waals surface area contributed by atoms with E-state index < -0.39 is 17.9 Å². The number of aliphatic carboxylic acids is 1. The third kappa shape index (κ3) is 3.68. The van der Waals surface area contributed by atoms with Gasteiger partial charge in [0.25, 0.3) is 5.91 Å². The molecule has 0 fully saturated rings. The molecule has 1 atom stereocenters. The van der Waals surface area contributed by atoms with E-state index in [1.807, 2.05) is 31.2 Å². The Kier molecular flexibility index (Phi) is 4.95. The van der Waals surface area contributed by atoms with E-state index in [2.05, 4.69) is 9.97 Å². The summed E-state index contributed by atoms with van der Waals surface area (Å²) in [7, 11) is 0. The summed E-state index contributed by atoms with van der Waals surface area (Å²) in [6.45, 7) is 2.20. The number of carbonyl (C=O) groups is 2. The molecule has 0 spiro atoms. The molecule has 2 N–H and O–H groups in total. The number of thioether (sulfide) groups is 1. The van der Waals surface area contributed by atoms with Gasteiger partial charge in [0.15, 0.2) is 5.76 Å². The number of nitrogens with one attached hydrogen (secondary N) is 1. The van der Waals surface area contributed by atoms with Crippen molar-refractivity contribution in [2.45, 2.75) is 36.6 Å². The van der Waals surface area contributed by atoms with Gasteiger partial charge in [0.1, 0.15) is 11.8 Å². The maximum atomic E-state index is 12.9. The largest absolute Gasteiger partial charge is 0.480 e. The molecule has 4 rings (SSSR count). The number of aromatic nitrogens is 2. The maximum Gasteiger partial charge on any atom is 0.326 e. The fraction of sp³-hybridized carbons (Fsp3) is 0.250. The number of carboxylic acid groups (broad SMARTS) is 1. The predicted molar refractivity (Wildman–Crippen MR) is 103 cm³/mol. The molecular weight excluding hydrogens is 378 g/mol. The zero-order valence-corrected chi connectivity index (χ0v) is 16.0. The second-order valence-corrected chi connectivity index (χ2v) is 7.74. The minimum atomic E-state index is -1.05. The van der Waals surface area contributed by atoms with Gasteiger partial charge in [0.05, 0.1) is 30.0 Å². The third-order valence-electron chi connectivity index (χ3n) is 4.72. The smallest absolute Gasteiger partial charge is 0.326 e. The first-order chi connectivity index (χ1) is 13.5. The second-order valence-electron chi connectivity index (χ2n) is 6.69. The Balaban J connectivity index is 1.47. The molecular formula is C20H19N3O4S. The van der Waals surface area contributed by atoms with E-state index in [1.165, 1.54) is 16.8 Å². The normalized spacial score (nSPS) is 16.0. The van der Waals surface area contributed by atoms with Crippen LogP contribution in [0.1, 0.15) is 33.3 Å². The van der Waals surface area contributed by atoms with Crippen molar-refractivity contribution in [3.8, 4) is 0 Å². The van der Waals surface area contributed by atoms with Crippen molar-refractivity contribution >= 4 is 23.6 Å². The van der Waals surface area contributed by atoms with Gasteiger partial charge in [0, 0.05) is 11.3 Å². The first kappa shape index (κ1) is 18.4. The van der Waals surface area contributed by atoms with Crippen LogP contribution in [-0.4, -0.2) is 37.9 Å². The number of hydrogen-bond acceptors (Lipinski definition) is 5. The summed E-state index contributed by atoms with van der Waals surface area (Å²) >= 11 is 1.61. The van der Waals surface area contributed by atoms with Crippen molar-refractivity contribution in [3.63, 3.8) is 0 Å². The second kappa shape index (κ2) is 7.55. The molecule has 1 aliphatic heterocycles. The third-order valence-corrected chi connectivity index (χ3v) is 5.75. The highest BCUT2D eigenvalue weighted by Gasteiger charge is 2.37. The average molecular weight is 397 g/mol. The van der Waals surface area contributed by atoms with Gasteiger partial charge in [-0.2, -0.15) is 0 Å². The van der Waals surface area contributed by atoms with Crippen molar-refractivity contribution in [2.24, 2.45) is 0 Å². The van der Waals surface area contributed by atoms with Crippen LogP contribution in [0.15, 0.2) is 52.0 Å². The Labute approximate surface area is 165 Å². The number of furan rings is 1. The van der Waals surface area contributed by atoms with Gasteiger partial charge in [-0.1, -0.05) is 17.7 Å². The number of nitrogens with zero attached hydrogens (tertiary/aromatic N) is 2. The minimum Gasteiger partial charge on any atom is -0.480 e. The standard InChI is InChI=1S/C20H19N3O4S/c1-12-2-5-14(6-3-12)28-10-13-4-7-18(27-13)19(24)23-9-16-15(21-11-22-16)8-17(23)20(25)26/h2-7,11,17H,8-10H2,1H3,(H,21,22)(H,25,26)/t17-/m1/s1. The van der Waals surface area contributed by atoms with Crippen molar-refractivity contribution in [1.29, 1.82) is 0 Å². The van der Waals surface area contributed by atoms with Gasteiger partial charge in [-0.3, -0.25) is 4.79 Å².